The number of hydrogen-bond donors (Lipinski definition) is 3. The molecule has 0 fully saturated rings. The van der Waals surface area contributed by atoms with Gasteiger partial charge in [0.05, 0.1) is 18.5 Å². The first kappa shape index (κ1) is 19.7. The lowest BCUT2D eigenvalue weighted by Gasteiger charge is -2.31. The number of ether oxygens (including phenoxy) is 1. The second-order valence-electron chi connectivity index (χ2n) is 5.51. The molecule has 1 aromatic heterocycles. The van der Waals surface area contributed by atoms with Crippen LogP contribution in [0.4, 0.5) is 5.69 Å². The summed E-state index contributed by atoms with van der Waals surface area (Å²) in [5.41, 5.74) is 14.1. The van der Waals surface area contributed by atoms with Crippen LogP contribution in [0.1, 0.15) is 12.6 Å². The van der Waals surface area contributed by atoms with Crippen LogP contribution in [-0.2, 0) is 0 Å². The minimum Gasteiger partial charge on any atom is -0.497 e. The molecule has 2 aromatic rings. The highest BCUT2D eigenvalue weighted by Crippen LogP contribution is 2.22. The van der Waals surface area contributed by atoms with Gasteiger partial charge in [0.15, 0.2) is 5.69 Å². The largest absolute Gasteiger partial charge is 0.497 e. The molecule has 0 spiro atoms. The third kappa shape index (κ3) is 4.72. The highest BCUT2D eigenvalue weighted by Gasteiger charge is 2.31. The fourth-order valence-electron chi connectivity index (χ4n) is 2.12. The molecule has 0 aliphatic heterocycles. The predicted octanol–water partition coefficient (Wildman–Crippen LogP) is 2.07. The van der Waals surface area contributed by atoms with Crippen LogP contribution in [0.2, 0.25) is 0 Å². The number of rotatable bonds is 4. The normalized spacial score (nSPS) is 13.4. The molecule has 0 aliphatic rings. The average molecular weight is 390 g/mol. The zero-order valence-electron chi connectivity index (χ0n) is 14.8. The van der Waals surface area contributed by atoms with Crippen molar-refractivity contribution in [1.29, 1.82) is 0 Å². The number of methoxy groups -OCH3 is 1. The Hall–Kier alpha value is -2.62. The fourth-order valence-corrected chi connectivity index (χ4v) is 2.50. The van der Waals surface area contributed by atoms with E-state index in [-0.39, 0.29) is 14.8 Å². The van der Waals surface area contributed by atoms with E-state index in [4.69, 9.17) is 34.9 Å². The molecule has 0 saturated heterocycles. The minimum atomic E-state index is -0.0662. The minimum absolute atomic E-state index is 0.0662. The molecule has 1 unspecified atom stereocenters. The molecule has 0 saturated carbocycles. The second kappa shape index (κ2) is 8.65. The predicted molar refractivity (Wildman–Crippen MR) is 113 cm³/mol. The number of hydrazone groups is 1. The number of quaternary nitrogens is 1. The van der Waals surface area contributed by atoms with E-state index >= 15 is 0 Å². The standard InChI is InChI=1S/C17H20N6OS2/c1-12(15-6-4-5-11-19-15)20-21-17(26)22-23(2,16(18)25)13-7-9-14(24-3)10-8-13/h4-11H,1-3H3,(H3-,18,19,21,22,25,26)/p+1. The van der Waals surface area contributed by atoms with Gasteiger partial charge in [0.1, 0.15) is 12.8 Å². The van der Waals surface area contributed by atoms with Crippen LogP contribution in [-0.4, -0.2) is 35.1 Å². The van der Waals surface area contributed by atoms with Crippen molar-refractivity contribution >= 4 is 46.1 Å². The number of aromatic nitrogens is 1. The first-order valence-electron chi connectivity index (χ1n) is 7.72. The van der Waals surface area contributed by atoms with Crippen molar-refractivity contribution in [3.8, 4) is 5.75 Å². The van der Waals surface area contributed by atoms with E-state index in [9.17, 15) is 0 Å². The van der Waals surface area contributed by atoms with Crippen molar-refractivity contribution in [2.24, 2.45) is 10.8 Å². The number of hydrogen-bond acceptors (Lipinski definition) is 5. The van der Waals surface area contributed by atoms with Crippen LogP contribution >= 0.6 is 24.4 Å². The van der Waals surface area contributed by atoms with Crippen molar-refractivity contribution in [3.05, 3.63) is 54.4 Å². The van der Waals surface area contributed by atoms with Gasteiger partial charge in [0.25, 0.3) is 5.11 Å². The number of nitrogens with two attached hydrogens (primary N) is 1. The lowest BCUT2D eigenvalue weighted by atomic mass is 10.3. The summed E-state index contributed by atoms with van der Waals surface area (Å²) < 4.78 is 5.11. The SMILES string of the molecule is COc1ccc([N+](C)(NC(=S)N/N=C(/C)c2ccccn2)C(N)=S)cc1. The quantitative estimate of drug-likeness (QED) is 0.319. The van der Waals surface area contributed by atoms with Crippen molar-refractivity contribution < 1.29 is 4.74 Å². The van der Waals surface area contributed by atoms with Gasteiger partial charge in [-0.25, -0.2) is 5.43 Å². The molecule has 4 N–H and O–H groups in total. The Kier molecular flexibility index (Phi) is 6.56. The molecule has 0 radical (unpaired) electrons. The zero-order chi connectivity index (χ0) is 19.2. The monoisotopic (exact) mass is 389 g/mol. The molecule has 1 aromatic carbocycles. The van der Waals surface area contributed by atoms with Gasteiger partial charge in [-0.15, -0.1) is 4.59 Å². The van der Waals surface area contributed by atoms with Gasteiger partial charge in [-0.2, -0.15) is 10.5 Å². The Labute approximate surface area is 163 Å². The Bertz CT molecular complexity index is 810. The summed E-state index contributed by atoms with van der Waals surface area (Å²) in [7, 11) is 3.41. The highest BCUT2D eigenvalue weighted by molar-refractivity contribution is 7.80. The zero-order valence-corrected chi connectivity index (χ0v) is 16.4. The second-order valence-corrected chi connectivity index (χ2v) is 6.33. The average Bonchev–Trinajstić information content (AvgIpc) is 2.66. The van der Waals surface area contributed by atoms with E-state index in [2.05, 4.69) is 20.9 Å². The van der Waals surface area contributed by atoms with Crippen LogP contribution < -0.4 is 25.9 Å². The van der Waals surface area contributed by atoms with E-state index in [0.717, 1.165) is 17.1 Å². The molecule has 0 amide bonds. The number of pyridine rings is 1. The molecule has 9 heteroatoms. The first-order chi connectivity index (χ1) is 12.4. The van der Waals surface area contributed by atoms with Gasteiger partial charge < -0.3 is 10.5 Å². The van der Waals surface area contributed by atoms with Crippen molar-refractivity contribution in [2.75, 3.05) is 14.2 Å². The third-order valence-electron chi connectivity index (χ3n) is 3.72. The molecule has 26 heavy (non-hydrogen) atoms. The van der Waals surface area contributed by atoms with Crippen LogP contribution in [0.15, 0.2) is 53.8 Å². The summed E-state index contributed by atoms with van der Waals surface area (Å²) in [6.45, 7) is 1.84. The number of nitrogens with one attached hydrogen (secondary N) is 2. The molecular weight excluding hydrogens is 368 g/mol. The molecule has 7 nitrogen and oxygen atoms in total. The molecule has 0 bridgehead atoms. The van der Waals surface area contributed by atoms with Gasteiger partial charge in [-0.1, -0.05) is 6.07 Å². The van der Waals surface area contributed by atoms with Gasteiger partial charge in [0, 0.05) is 30.5 Å². The summed E-state index contributed by atoms with van der Waals surface area (Å²) in [5, 5.41) is 4.71. The number of thiocarbonyl (C=S) groups is 2. The van der Waals surface area contributed by atoms with Crippen LogP contribution in [0.25, 0.3) is 0 Å². The smallest absolute Gasteiger partial charge is 0.297 e. The van der Waals surface area contributed by atoms with Crippen LogP contribution in [0, 0.1) is 0 Å². The van der Waals surface area contributed by atoms with Crippen LogP contribution in [0.5, 0.6) is 5.75 Å². The van der Waals surface area contributed by atoms with Gasteiger partial charge in [-0.05, 0) is 43.4 Å². The van der Waals surface area contributed by atoms with E-state index in [1.807, 2.05) is 49.4 Å². The molecule has 0 aliphatic carbocycles. The molecule has 2 rings (SSSR count). The Morgan fingerprint density at radius 2 is 1.88 bits per heavy atom. The maximum absolute atomic E-state index is 5.95. The van der Waals surface area contributed by atoms with E-state index in [1.54, 1.807) is 20.4 Å². The molecule has 1 atom stereocenters. The lowest BCUT2D eigenvalue weighted by molar-refractivity contribution is 0.412. The Balaban J connectivity index is 2.13. The summed E-state index contributed by atoms with van der Waals surface area (Å²) in [6, 6.07) is 13.0. The number of nitrogens with zero attached hydrogens (tertiary/aromatic N) is 3. The Morgan fingerprint density at radius 3 is 2.42 bits per heavy atom. The van der Waals surface area contributed by atoms with Crippen molar-refractivity contribution in [2.45, 2.75) is 6.92 Å². The summed E-state index contributed by atoms with van der Waals surface area (Å²) >= 11 is 10.6. The summed E-state index contributed by atoms with van der Waals surface area (Å²) in [6.07, 6.45) is 1.70. The Morgan fingerprint density at radius 1 is 1.19 bits per heavy atom. The maximum atomic E-state index is 5.95. The fraction of sp³-hybridized carbons (Fsp3) is 0.176. The van der Waals surface area contributed by atoms with E-state index < -0.39 is 0 Å². The van der Waals surface area contributed by atoms with Gasteiger partial charge in [0.2, 0.25) is 5.11 Å². The highest BCUT2D eigenvalue weighted by atomic mass is 32.1. The van der Waals surface area contributed by atoms with Crippen LogP contribution in [0.3, 0.4) is 0 Å². The van der Waals surface area contributed by atoms with Gasteiger partial charge in [-0.3, -0.25) is 4.98 Å². The number of benzene rings is 1. The molecule has 136 valence electrons. The van der Waals surface area contributed by atoms with Crippen molar-refractivity contribution in [3.63, 3.8) is 0 Å². The van der Waals surface area contributed by atoms with Crippen molar-refractivity contribution in [1.82, 2.24) is 20.4 Å². The third-order valence-corrected chi connectivity index (χ3v) is 4.26. The van der Waals surface area contributed by atoms with E-state index in [0.29, 0.717) is 5.71 Å². The van der Waals surface area contributed by atoms with Gasteiger partial charge >= 0.3 is 0 Å². The molecule has 1 heterocycles. The topological polar surface area (TPSA) is 84.6 Å². The lowest BCUT2D eigenvalue weighted by Crippen LogP contribution is -2.65. The maximum Gasteiger partial charge on any atom is 0.297 e. The first-order valence-corrected chi connectivity index (χ1v) is 8.53. The van der Waals surface area contributed by atoms with E-state index in [1.165, 1.54) is 0 Å². The summed E-state index contributed by atoms with van der Waals surface area (Å²) in [5.74, 6) is 0.736. The summed E-state index contributed by atoms with van der Waals surface area (Å²) in [4.78, 5) is 4.23. The molecular formula is C17H21N6OS2+.